The van der Waals surface area contributed by atoms with E-state index in [-0.39, 0.29) is 16.2 Å². The molecule has 0 atom stereocenters. The molecule has 2 N–H and O–H groups in total. The average Bonchev–Trinajstić information content (AvgIpc) is 3.08. The molecule has 2 aromatic carbocycles. The van der Waals surface area contributed by atoms with Crippen LogP contribution in [0.25, 0.3) is 22.3 Å². The zero-order valence-electron chi connectivity index (χ0n) is 11.7. The molecule has 4 rings (SSSR count). The van der Waals surface area contributed by atoms with Crippen LogP contribution in [0.3, 0.4) is 0 Å². The fraction of sp³-hybridized carbons (Fsp3) is 0. The number of H-pyrrole nitrogens is 1. The third-order valence-corrected chi connectivity index (χ3v) is 5.08. The van der Waals surface area contributed by atoms with Gasteiger partial charge in [-0.25, -0.2) is 13.4 Å². The molecule has 2 heterocycles. The number of nitrogens with one attached hydrogen (secondary N) is 2. The van der Waals surface area contributed by atoms with E-state index in [1.165, 1.54) is 6.07 Å². The molecule has 0 unspecified atom stereocenters. The lowest BCUT2D eigenvalue weighted by Gasteiger charge is -2.02. The zero-order chi connectivity index (χ0) is 16.0. The largest absolute Gasteiger partial charge is 0.337 e. The molecule has 1 aromatic heterocycles. The minimum absolute atomic E-state index is 0.162. The van der Waals surface area contributed by atoms with E-state index in [4.69, 9.17) is 0 Å². The van der Waals surface area contributed by atoms with Crippen molar-refractivity contribution in [2.75, 3.05) is 0 Å². The molecule has 0 amide bonds. The van der Waals surface area contributed by atoms with E-state index >= 15 is 0 Å². The van der Waals surface area contributed by atoms with Gasteiger partial charge in [0.1, 0.15) is 11.6 Å². The molecule has 0 spiro atoms. The molecule has 0 saturated heterocycles. The van der Waals surface area contributed by atoms with Crippen molar-refractivity contribution in [2.45, 2.75) is 4.90 Å². The predicted octanol–water partition coefficient (Wildman–Crippen LogP) is 2.25. The second-order valence-electron chi connectivity index (χ2n) is 5.07. The molecule has 0 radical (unpaired) electrons. The zero-order valence-corrected chi connectivity index (χ0v) is 12.6. The van der Waals surface area contributed by atoms with Crippen LogP contribution in [0, 0.1) is 11.3 Å². The van der Waals surface area contributed by atoms with E-state index in [1.54, 1.807) is 18.2 Å². The van der Waals surface area contributed by atoms with Crippen LogP contribution in [0.1, 0.15) is 11.4 Å². The number of aromatic amines is 1. The normalized spacial score (nSPS) is 17.3. The summed E-state index contributed by atoms with van der Waals surface area (Å²) in [5.74, 6) is 0.336. The van der Waals surface area contributed by atoms with Crippen molar-refractivity contribution < 1.29 is 8.42 Å². The van der Waals surface area contributed by atoms with Crippen LogP contribution in [0.15, 0.2) is 53.4 Å². The van der Waals surface area contributed by atoms with Crippen molar-refractivity contribution in [3.8, 4) is 6.07 Å². The summed E-state index contributed by atoms with van der Waals surface area (Å²) < 4.78 is 26.9. The number of benzene rings is 2. The number of aromatic nitrogens is 2. The van der Waals surface area contributed by atoms with Gasteiger partial charge in [-0.2, -0.15) is 5.26 Å². The Morgan fingerprint density at radius 3 is 2.61 bits per heavy atom. The highest BCUT2D eigenvalue weighted by molar-refractivity contribution is 7.90. The Morgan fingerprint density at radius 1 is 1.09 bits per heavy atom. The van der Waals surface area contributed by atoms with Crippen LogP contribution in [-0.4, -0.2) is 18.4 Å². The van der Waals surface area contributed by atoms with Crippen molar-refractivity contribution in [2.24, 2.45) is 0 Å². The van der Waals surface area contributed by atoms with Crippen LogP contribution in [0.5, 0.6) is 0 Å². The van der Waals surface area contributed by atoms with Gasteiger partial charge in [-0.05, 0) is 18.2 Å². The number of nitrogens with zero attached hydrogens (tertiary/aromatic N) is 2. The molecule has 3 aromatic rings. The molecular formula is C16H10N4O2S. The summed E-state index contributed by atoms with van der Waals surface area (Å²) in [6.07, 6.45) is 0. The van der Waals surface area contributed by atoms with Gasteiger partial charge in [0.15, 0.2) is 5.82 Å². The topological polar surface area (TPSA) is 98.6 Å². The average molecular weight is 322 g/mol. The van der Waals surface area contributed by atoms with Crippen LogP contribution in [0.2, 0.25) is 0 Å². The minimum Gasteiger partial charge on any atom is -0.337 e. The summed E-state index contributed by atoms with van der Waals surface area (Å²) in [5.41, 5.74) is 2.39. The lowest BCUT2D eigenvalue weighted by Crippen LogP contribution is -2.14. The van der Waals surface area contributed by atoms with E-state index in [1.807, 2.05) is 24.3 Å². The lowest BCUT2D eigenvalue weighted by molar-refractivity contribution is 0.594. The van der Waals surface area contributed by atoms with Crippen molar-refractivity contribution in [1.29, 1.82) is 5.26 Å². The summed E-state index contributed by atoms with van der Waals surface area (Å²) in [7, 11) is -3.65. The van der Waals surface area contributed by atoms with Gasteiger partial charge in [0.25, 0.3) is 10.0 Å². The molecule has 1 aliphatic heterocycles. The Bertz CT molecular complexity index is 1090. The first-order chi connectivity index (χ1) is 11.1. The van der Waals surface area contributed by atoms with Crippen LogP contribution in [-0.2, 0) is 10.0 Å². The molecular weight excluding hydrogens is 312 g/mol. The van der Waals surface area contributed by atoms with E-state index in [9.17, 15) is 13.7 Å². The van der Waals surface area contributed by atoms with Crippen molar-refractivity contribution in [3.63, 3.8) is 0 Å². The first-order valence-electron chi connectivity index (χ1n) is 6.82. The molecule has 6 nitrogen and oxygen atoms in total. The SMILES string of the molecule is N#C/C(=C1\NS(=O)(=O)c2ccccc21)c1nc2ccccc2[nH]1. The Morgan fingerprint density at radius 2 is 1.83 bits per heavy atom. The van der Waals surface area contributed by atoms with Gasteiger partial charge in [-0.15, -0.1) is 0 Å². The number of hydrogen-bond donors (Lipinski definition) is 2. The van der Waals surface area contributed by atoms with Crippen LogP contribution < -0.4 is 4.72 Å². The quantitative estimate of drug-likeness (QED) is 0.671. The number of hydrogen-bond acceptors (Lipinski definition) is 4. The number of rotatable bonds is 1. The van der Waals surface area contributed by atoms with Gasteiger partial charge in [-0.1, -0.05) is 30.3 Å². The molecule has 0 bridgehead atoms. The number of imidazole rings is 1. The molecule has 23 heavy (non-hydrogen) atoms. The Balaban J connectivity index is 2.00. The van der Waals surface area contributed by atoms with E-state index in [2.05, 4.69) is 20.8 Å². The van der Waals surface area contributed by atoms with Crippen molar-refractivity contribution in [3.05, 3.63) is 59.9 Å². The minimum atomic E-state index is -3.65. The number of allylic oxidation sites excluding steroid dienone is 1. The maximum Gasteiger partial charge on any atom is 0.262 e. The Labute approximate surface area is 132 Å². The lowest BCUT2D eigenvalue weighted by atomic mass is 10.1. The summed E-state index contributed by atoms with van der Waals surface area (Å²) in [6.45, 7) is 0. The van der Waals surface area contributed by atoms with E-state index in [0.717, 1.165) is 5.52 Å². The summed E-state index contributed by atoms with van der Waals surface area (Å²) in [5, 5.41) is 9.56. The number of nitriles is 1. The maximum atomic E-state index is 12.2. The van der Waals surface area contributed by atoms with Gasteiger partial charge in [0.2, 0.25) is 0 Å². The van der Waals surface area contributed by atoms with Crippen LogP contribution in [0.4, 0.5) is 0 Å². The molecule has 1 aliphatic rings. The highest BCUT2D eigenvalue weighted by atomic mass is 32.2. The van der Waals surface area contributed by atoms with Gasteiger partial charge in [0.05, 0.1) is 21.6 Å². The molecule has 7 heteroatoms. The van der Waals surface area contributed by atoms with Gasteiger partial charge < -0.3 is 4.98 Å². The third-order valence-electron chi connectivity index (χ3n) is 3.67. The monoisotopic (exact) mass is 322 g/mol. The maximum absolute atomic E-state index is 12.2. The summed E-state index contributed by atoms with van der Waals surface area (Å²) in [6, 6.07) is 16.0. The smallest absolute Gasteiger partial charge is 0.262 e. The first-order valence-corrected chi connectivity index (χ1v) is 8.30. The molecule has 0 fully saturated rings. The first kappa shape index (κ1) is 13.5. The molecule has 112 valence electrons. The van der Waals surface area contributed by atoms with E-state index < -0.39 is 10.0 Å². The fourth-order valence-electron chi connectivity index (χ4n) is 2.64. The van der Waals surface area contributed by atoms with E-state index in [0.29, 0.717) is 16.9 Å². The Hall–Kier alpha value is -3.11. The number of para-hydroxylation sites is 2. The van der Waals surface area contributed by atoms with Gasteiger partial charge in [0, 0.05) is 5.56 Å². The predicted molar refractivity (Wildman–Crippen MR) is 85.3 cm³/mol. The molecule has 0 saturated carbocycles. The number of sulfonamides is 1. The molecule has 0 aliphatic carbocycles. The second kappa shape index (κ2) is 4.69. The fourth-order valence-corrected chi connectivity index (χ4v) is 3.94. The summed E-state index contributed by atoms with van der Waals surface area (Å²) >= 11 is 0. The van der Waals surface area contributed by atoms with Gasteiger partial charge in [-0.3, -0.25) is 4.72 Å². The highest BCUT2D eigenvalue weighted by Gasteiger charge is 2.32. The standard InChI is InChI=1S/C16H10N4O2S/c17-9-11(16-18-12-6-2-3-7-13(12)19-16)15-10-5-1-4-8-14(10)23(21,22)20-15/h1-8,20H,(H,18,19)/b15-11+. The highest BCUT2D eigenvalue weighted by Crippen LogP contribution is 2.34. The van der Waals surface area contributed by atoms with Crippen LogP contribution >= 0.6 is 0 Å². The third kappa shape index (κ3) is 2.00. The number of fused-ring (bicyclic) bond motifs is 2. The van der Waals surface area contributed by atoms with Crippen molar-refractivity contribution >= 4 is 32.3 Å². The second-order valence-corrected chi connectivity index (χ2v) is 6.72. The van der Waals surface area contributed by atoms with Crippen molar-refractivity contribution in [1.82, 2.24) is 14.7 Å². The summed E-state index contributed by atoms with van der Waals surface area (Å²) in [4.78, 5) is 7.60. The van der Waals surface area contributed by atoms with Gasteiger partial charge >= 0.3 is 0 Å². The Kier molecular flexibility index (Phi) is 2.76.